The highest BCUT2D eigenvalue weighted by Gasteiger charge is 2.26. The summed E-state index contributed by atoms with van der Waals surface area (Å²) in [7, 11) is 2.92. The van der Waals surface area contributed by atoms with Gasteiger partial charge in [0.15, 0.2) is 4.83 Å². The lowest BCUT2D eigenvalue weighted by Crippen LogP contribution is -2.41. The Bertz CT molecular complexity index is 1500. The van der Waals surface area contributed by atoms with Crippen LogP contribution in [0.15, 0.2) is 46.1 Å². The number of fused-ring (bicyclic) bond motifs is 2. The van der Waals surface area contributed by atoms with Gasteiger partial charge in [-0.05, 0) is 29.5 Å². The minimum Gasteiger partial charge on any atom is -0.408 e. The third kappa shape index (κ3) is 4.35. The Kier molecular flexibility index (Phi) is 6.31. The van der Waals surface area contributed by atoms with E-state index in [0.29, 0.717) is 29.2 Å². The second-order valence-electron chi connectivity index (χ2n) is 9.41. The summed E-state index contributed by atoms with van der Waals surface area (Å²) in [5.74, 6) is -0.378. The second kappa shape index (κ2) is 9.06. The number of nitrogens with one attached hydrogen (secondary N) is 1. The molecule has 1 aromatic carbocycles. The molecule has 0 atom stereocenters. The van der Waals surface area contributed by atoms with Gasteiger partial charge in [0.2, 0.25) is 0 Å². The Morgan fingerprint density at radius 2 is 1.91 bits per heavy atom. The van der Waals surface area contributed by atoms with Crippen LogP contribution in [-0.2, 0) is 13.5 Å². The van der Waals surface area contributed by atoms with Crippen molar-refractivity contribution >= 4 is 38.4 Å². The quantitative estimate of drug-likeness (QED) is 0.458. The molecule has 4 aromatic rings. The molecule has 34 heavy (non-hydrogen) atoms. The number of hydrogen-bond acceptors (Lipinski definition) is 6. The van der Waals surface area contributed by atoms with Crippen molar-refractivity contribution in [1.82, 2.24) is 19.6 Å². The number of rotatable bonds is 6. The van der Waals surface area contributed by atoms with Gasteiger partial charge in [0.05, 0.1) is 16.5 Å². The fraction of sp³-hybridized carbons (Fsp3) is 0.360. The molecule has 0 saturated heterocycles. The molecular formula is C25H28N4O4S. The van der Waals surface area contributed by atoms with Crippen molar-refractivity contribution in [3.05, 3.63) is 73.4 Å². The number of nitrogens with zero attached hydrogens (tertiary/aromatic N) is 3. The Morgan fingerprint density at radius 1 is 1.18 bits per heavy atom. The lowest BCUT2D eigenvalue weighted by Gasteiger charge is -2.18. The Hall–Kier alpha value is -3.46. The maximum absolute atomic E-state index is 13.2. The molecule has 9 heteroatoms. The number of hydrogen-bond donors (Lipinski definition) is 1. The van der Waals surface area contributed by atoms with Crippen molar-refractivity contribution in [3.8, 4) is 0 Å². The highest BCUT2D eigenvalue weighted by Crippen LogP contribution is 2.32. The topological polar surface area (TPSA) is 95.2 Å². The molecule has 3 aromatic heterocycles. The molecule has 1 amide bonds. The van der Waals surface area contributed by atoms with Crippen LogP contribution in [0.25, 0.3) is 21.1 Å². The molecule has 0 saturated carbocycles. The van der Waals surface area contributed by atoms with E-state index in [1.807, 2.05) is 30.3 Å². The first kappa shape index (κ1) is 23.7. The fourth-order valence-corrected chi connectivity index (χ4v) is 5.08. The van der Waals surface area contributed by atoms with Crippen LogP contribution in [-0.4, -0.2) is 33.8 Å². The van der Waals surface area contributed by atoms with Crippen LogP contribution < -0.4 is 21.4 Å². The minimum absolute atomic E-state index is 0.0135. The number of aromatic nitrogens is 3. The Morgan fingerprint density at radius 3 is 2.62 bits per heavy atom. The van der Waals surface area contributed by atoms with E-state index in [0.717, 1.165) is 25.8 Å². The van der Waals surface area contributed by atoms with E-state index in [2.05, 4.69) is 31.1 Å². The van der Waals surface area contributed by atoms with Gasteiger partial charge in [-0.1, -0.05) is 39.0 Å². The molecular weight excluding hydrogens is 452 g/mol. The first-order valence-corrected chi connectivity index (χ1v) is 11.9. The van der Waals surface area contributed by atoms with Gasteiger partial charge in [-0.25, -0.2) is 4.79 Å². The predicted octanol–water partition coefficient (Wildman–Crippen LogP) is 3.13. The number of carbonyl (C=O) groups excluding carboxylic acids is 1. The van der Waals surface area contributed by atoms with Crippen LogP contribution in [0, 0.1) is 5.41 Å². The molecule has 1 N–H and O–H groups in total. The van der Waals surface area contributed by atoms with Crippen LogP contribution in [0.4, 0.5) is 0 Å². The van der Waals surface area contributed by atoms with Crippen LogP contribution >= 0.6 is 11.3 Å². The number of carbonyl (C=O) groups is 1. The maximum Gasteiger partial charge on any atom is 0.365 e. The van der Waals surface area contributed by atoms with E-state index in [-0.39, 0.29) is 22.3 Å². The summed E-state index contributed by atoms with van der Waals surface area (Å²) in [6.07, 6.45) is 2.85. The zero-order valence-electron chi connectivity index (χ0n) is 20.0. The number of thiophene rings is 1. The van der Waals surface area contributed by atoms with Gasteiger partial charge in [-0.15, -0.1) is 16.1 Å². The first-order chi connectivity index (χ1) is 16.1. The van der Waals surface area contributed by atoms with Gasteiger partial charge in [-0.3, -0.25) is 19.1 Å². The number of para-hydroxylation sites is 1. The van der Waals surface area contributed by atoms with Gasteiger partial charge in [0, 0.05) is 37.0 Å². The van der Waals surface area contributed by atoms with Crippen molar-refractivity contribution in [3.63, 3.8) is 0 Å². The smallest absolute Gasteiger partial charge is 0.365 e. The van der Waals surface area contributed by atoms with E-state index in [1.54, 1.807) is 6.20 Å². The standard InChI is InChI=1S/C25H28N4O4S/c1-25(2,3)11-13-33-29-23-20(22(31)28(5)24(29)32)19(21(30)26-4)18(34-23)14-15-10-12-27-17-9-7-6-8-16(15)17/h6-10,12H,11,13-14H2,1-5H3,(H,26,30). The molecule has 0 aliphatic heterocycles. The number of amides is 1. The van der Waals surface area contributed by atoms with E-state index < -0.39 is 11.2 Å². The number of pyridine rings is 1. The maximum atomic E-state index is 13.2. The van der Waals surface area contributed by atoms with Gasteiger partial charge in [-0.2, -0.15) is 0 Å². The van der Waals surface area contributed by atoms with Gasteiger partial charge < -0.3 is 10.2 Å². The highest BCUT2D eigenvalue weighted by atomic mass is 32.1. The molecule has 0 radical (unpaired) electrons. The molecule has 0 fully saturated rings. The summed E-state index contributed by atoms with van der Waals surface area (Å²) in [4.78, 5) is 50.4. The van der Waals surface area contributed by atoms with Gasteiger partial charge in [0.1, 0.15) is 6.61 Å². The summed E-state index contributed by atoms with van der Waals surface area (Å²) < 4.78 is 2.15. The first-order valence-electron chi connectivity index (χ1n) is 11.1. The SMILES string of the molecule is CNC(=O)c1c(Cc2ccnc3ccccc23)sc2c1c(=O)n(C)c(=O)n2OCCC(C)(C)C. The molecule has 0 aliphatic rings. The third-order valence-corrected chi connectivity index (χ3v) is 6.90. The monoisotopic (exact) mass is 480 g/mol. The van der Waals surface area contributed by atoms with Crippen molar-refractivity contribution in [2.45, 2.75) is 33.6 Å². The van der Waals surface area contributed by atoms with Crippen molar-refractivity contribution < 1.29 is 9.63 Å². The summed E-state index contributed by atoms with van der Waals surface area (Å²) in [6.45, 7) is 6.55. The van der Waals surface area contributed by atoms with Crippen molar-refractivity contribution in [2.24, 2.45) is 12.5 Å². The largest absolute Gasteiger partial charge is 0.408 e. The van der Waals surface area contributed by atoms with E-state index in [9.17, 15) is 14.4 Å². The average Bonchev–Trinajstić information content (AvgIpc) is 3.17. The molecule has 0 aliphatic carbocycles. The van der Waals surface area contributed by atoms with Crippen LogP contribution in [0.3, 0.4) is 0 Å². The molecule has 0 bridgehead atoms. The van der Waals surface area contributed by atoms with Crippen LogP contribution in [0.2, 0.25) is 0 Å². The average molecular weight is 481 g/mol. The van der Waals surface area contributed by atoms with E-state index in [4.69, 9.17) is 4.84 Å². The molecule has 8 nitrogen and oxygen atoms in total. The van der Waals surface area contributed by atoms with E-state index in [1.165, 1.54) is 25.4 Å². The zero-order valence-corrected chi connectivity index (χ0v) is 20.8. The molecule has 0 unspecified atom stereocenters. The summed E-state index contributed by atoms with van der Waals surface area (Å²) in [6, 6.07) is 9.68. The van der Waals surface area contributed by atoms with Crippen molar-refractivity contribution in [1.29, 1.82) is 0 Å². The van der Waals surface area contributed by atoms with Gasteiger partial charge in [0.25, 0.3) is 11.5 Å². The zero-order chi connectivity index (χ0) is 24.6. The van der Waals surface area contributed by atoms with E-state index >= 15 is 0 Å². The number of benzene rings is 1. The molecule has 4 rings (SSSR count). The Balaban J connectivity index is 1.92. The van der Waals surface area contributed by atoms with Gasteiger partial charge >= 0.3 is 5.69 Å². The lowest BCUT2D eigenvalue weighted by molar-refractivity contribution is 0.0861. The molecule has 178 valence electrons. The predicted molar refractivity (Wildman–Crippen MR) is 135 cm³/mol. The fourth-order valence-electron chi connectivity index (χ4n) is 3.81. The summed E-state index contributed by atoms with van der Waals surface area (Å²) in [5.41, 5.74) is 1.02. The molecule has 3 heterocycles. The molecule has 0 spiro atoms. The van der Waals surface area contributed by atoms with Crippen LogP contribution in [0.1, 0.15) is 48.0 Å². The highest BCUT2D eigenvalue weighted by molar-refractivity contribution is 7.19. The van der Waals surface area contributed by atoms with Crippen LogP contribution in [0.5, 0.6) is 0 Å². The Labute approximate surface area is 200 Å². The third-order valence-electron chi connectivity index (χ3n) is 5.74. The van der Waals surface area contributed by atoms with Crippen molar-refractivity contribution in [2.75, 3.05) is 13.7 Å². The summed E-state index contributed by atoms with van der Waals surface area (Å²) >= 11 is 1.24. The lowest BCUT2D eigenvalue weighted by atomic mass is 9.93. The summed E-state index contributed by atoms with van der Waals surface area (Å²) in [5, 5.41) is 3.81. The second-order valence-corrected chi connectivity index (χ2v) is 10.5. The minimum atomic E-state index is -0.572. The normalized spacial score (nSPS) is 11.8.